The molecule has 7 nitrogen and oxygen atoms in total. The zero-order valence-electron chi connectivity index (χ0n) is 17.3. The Bertz CT molecular complexity index is 1230. The number of thioether (sulfide) groups is 1. The molecule has 164 valence electrons. The van der Waals surface area contributed by atoms with Crippen molar-refractivity contribution in [1.82, 2.24) is 9.97 Å². The van der Waals surface area contributed by atoms with Crippen LogP contribution in [0.5, 0.6) is 0 Å². The lowest BCUT2D eigenvalue weighted by Crippen LogP contribution is -2.36. The molecule has 4 rings (SSSR count). The van der Waals surface area contributed by atoms with Crippen LogP contribution in [0.2, 0.25) is 5.02 Å². The quantitative estimate of drug-likeness (QED) is 0.372. The molecule has 1 unspecified atom stereocenters. The summed E-state index contributed by atoms with van der Waals surface area (Å²) in [6.07, 6.45) is 0.673. The molecule has 1 aromatic heterocycles. The minimum atomic E-state index is -0.947. The van der Waals surface area contributed by atoms with Crippen molar-refractivity contribution in [3.8, 4) is 0 Å². The molecule has 2 amide bonds. The number of aromatic amines is 1. The summed E-state index contributed by atoms with van der Waals surface area (Å²) in [6.45, 7) is 1.78. The van der Waals surface area contributed by atoms with Gasteiger partial charge in [-0.05, 0) is 36.6 Å². The lowest BCUT2D eigenvalue weighted by atomic mass is 9.92. The predicted octanol–water partition coefficient (Wildman–Crippen LogP) is 4.13. The molecule has 3 aromatic rings. The first-order valence-electron chi connectivity index (χ1n) is 10.1. The number of halogens is 1. The van der Waals surface area contributed by atoms with E-state index < -0.39 is 17.4 Å². The minimum absolute atomic E-state index is 0.134. The number of hydrogen-bond donors (Lipinski definition) is 3. The Kier molecular flexibility index (Phi) is 6.62. The van der Waals surface area contributed by atoms with Gasteiger partial charge in [-0.1, -0.05) is 59.8 Å². The number of carbonyl (C=O) groups excluding carboxylic acids is 2. The van der Waals surface area contributed by atoms with Gasteiger partial charge in [0, 0.05) is 22.9 Å². The van der Waals surface area contributed by atoms with Gasteiger partial charge in [-0.3, -0.25) is 14.4 Å². The summed E-state index contributed by atoms with van der Waals surface area (Å²) >= 11 is 7.51. The number of fused-ring (bicyclic) bond motifs is 1. The first-order valence-corrected chi connectivity index (χ1v) is 11.5. The van der Waals surface area contributed by atoms with E-state index in [4.69, 9.17) is 11.6 Å². The number of hydrogen-bond acceptors (Lipinski definition) is 5. The molecule has 0 spiro atoms. The molecule has 0 bridgehead atoms. The topological polar surface area (TPSA) is 104 Å². The largest absolute Gasteiger partial charge is 0.325 e. The number of anilines is 2. The van der Waals surface area contributed by atoms with Crippen molar-refractivity contribution in [2.75, 3.05) is 16.4 Å². The second kappa shape index (κ2) is 9.58. The Morgan fingerprint density at radius 3 is 2.75 bits per heavy atom. The third kappa shape index (κ3) is 4.87. The summed E-state index contributed by atoms with van der Waals surface area (Å²) < 4.78 is 0. The molecule has 0 saturated heterocycles. The number of nitrogens with zero attached hydrogens (tertiary/aromatic N) is 1. The van der Waals surface area contributed by atoms with Gasteiger partial charge in [-0.2, -0.15) is 0 Å². The molecule has 2 aromatic carbocycles. The number of amides is 2. The summed E-state index contributed by atoms with van der Waals surface area (Å²) in [5.41, 5.74) is 2.16. The molecule has 1 atom stereocenters. The molecule has 2 heterocycles. The number of H-pyrrole nitrogens is 1. The predicted molar refractivity (Wildman–Crippen MR) is 127 cm³/mol. The van der Waals surface area contributed by atoms with Gasteiger partial charge in [0.2, 0.25) is 11.8 Å². The highest BCUT2D eigenvalue weighted by atomic mass is 35.5. The molecule has 32 heavy (non-hydrogen) atoms. The second-order valence-electron chi connectivity index (χ2n) is 7.42. The fourth-order valence-corrected chi connectivity index (χ4v) is 4.54. The zero-order chi connectivity index (χ0) is 22.7. The van der Waals surface area contributed by atoms with Crippen LogP contribution in [0.3, 0.4) is 0 Å². The van der Waals surface area contributed by atoms with Crippen LogP contribution in [0.25, 0.3) is 0 Å². The third-order valence-electron chi connectivity index (χ3n) is 5.24. The monoisotopic (exact) mass is 468 g/mol. The summed E-state index contributed by atoms with van der Waals surface area (Å²) in [6, 6.07) is 15.2. The Morgan fingerprint density at radius 1 is 1.19 bits per heavy atom. The van der Waals surface area contributed by atoms with Gasteiger partial charge >= 0.3 is 0 Å². The normalized spacial score (nSPS) is 15.1. The van der Waals surface area contributed by atoms with E-state index in [-0.39, 0.29) is 23.7 Å². The fourth-order valence-electron chi connectivity index (χ4n) is 3.52. The highest BCUT2D eigenvalue weighted by Gasteiger charge is 2.35. The minimum Gasteiger partial charge on any atom is -0.325 e. The lowest BCUT2D eigenvalue weighted by molar-refractivity contribution is -0.123. The molecule has 9 heteroatoms. The van der Waals surface area contributed by atoms with Crippen LogP contribution in [0, 0.1) is 6.92 Å². The van der Waals surface area contributed by atoms with E-state index in [1.54, 1.807) is 25.1 Å². The third-order valence-corrected chi connectivity index (χ3v) is 6.53. The van der Waals surface area contributed by atoms with E-state index >= 15 is 0 Å². The van der Waals surface area contributed by atoms with Crippen LogP contribution in [-0.2, 0) is 16.0 Å². The smallest absolute Gasteiger partial charge is 0.257 e. The van der Waals surface area contributed by atoms with Crippen LogP contribution in [0.4, 0.5) is 11.5 Å². The number of rotatable bonds is 6. The number of carbonyl (C=O) groups is 2. The number of aromatic nitrogens is 2. The van der Waals surface area contributed by atoms with E-state index in [1.807, 2.05) is 30.3 Å². The highest BCUT2D eigenvalue weighted by Crippen LogP contribution is 2.31. The molecule has 1 aliphatic heterocycles. The average molecular weight is 469 g/mol. The lowest BCUT2D eigenvalue weighted by Gasteiger charge is -2.24. The van der Waals surface area contributed by atoms with Crippen LogP contribution in [-0.4, -0.2) is 27.5 Å². The molecule has 0 fully saturated rings. The first-order chi connectivity index (χ1) is 15.4. The molecule has 0 aliphatic carbocycles. The summed E-state index contributed by atoms with van der Waals surface area (Å²) in [5, 5.41) is 6.34. The van der Waals surface area contributed by atoms with Crippen molar-refractivity contribution < 1.29 is 9.59 Å². The Balaban J connectivity index is 1.54. The molecule has 3 N–H and O–H groups in total. The van der Waals surface area contributed by atoms with Gasteiger partial charge in [-0.15, -0.1) is 0 Å². The van der Waals surface area contributed by atoms with Crippen LogP contribution >= 0.6 is 23.4 Å². The summed E-state index contributed by atoms with van der Waals surface area (Å²) in [4.78, 5) is 45.3. The van der Waals surface area contributed by atoms with Crippen molar-refractivity contribution >= 4 is 46.7 Å². The molecule has 0 radical (unpaired) electrons. The van der Waals surface area contributed by atoms with E-state index in [1.165, 1.54) is 17.3 Å². The van der Waals surface area contributed by atoms with Gasteiger partial charge in [0.05, 0.1) is 11.5 Å². The Hall–Kier alpha value is -3.10. The first kappa shape index (κ1) is 22.1. The molecular weight excluding hydrogens is 448 g/mol. The van der Waals surface area contributed by atoms with Crippen LogP contribution < -0.4 is 16.2 Å². The average Bonchev–Trinajstić information content (AvgIpc) is 2.77. The maximum absolute atomic E-state index is 13.0. The number of benzene rings is 2. The van der Waals surface area contributed by atoms with Crippen LogP contribution in [0.15, 0.2) is 58.5 Å². The maximum atomic E-state index is 13.0. The van der Waals surface area contributed by atoms with Crippen molar-refractivity contribution in [2.45, 2.75) is 30.8 Å². The summed E-state index contributed by atoms with van der Waals surface area (Å²) in [7, 11) is 0. The zero-order valence-corrected chi connectivity index (χ0v) is 18.8. The van der Waals surface area contributed by atoms with Gasteiger partial charge in [0.15, 0.2) is 5.16 Å². The highest BCUT2D eigenvalue weighted by molar-refractivity contribution is 7.99. The van der Waals surface area contributed by atoms with Crippen molar-refractivity contribution in [2.24, 2.45) is 0 Å². The Labute approximate surface area is 194 Å². The van der Waals surface area contributed by atoms with Crippen LogP contribution in [0.1, 0.15) is 29.0 Å². The van der Waals surface area contributed by atoms with Gasteiger partial charge in [0.1, 0.15) is 5.82 Å². The van der Waals surface area contributed by atoms with Gasteiger partial charge < -0.3 is 15.6 Å². The Morgan fingerprint density at radius 2 is 1.97 bits per heavy atom. The second-order valence-corrected chi connectivity index (χ2v) is 8.91. The van der Waals surface area contributed by atoms with E-state index in [0.29, 0.717) is 27.2 Å². The van der Waals surface area contributed by atoms with E-state index in [9.17, 15) is 14.4 Å². The number of nitrogens with one attached hydrogen (secondary N) is 3. The van der Waals surface area contributed by atoms with E-state index in [0.717, 1.165) is 6.42 Å². The molecule has 1 aliphatic rings. The van der Waals surface area contributed by atoms with Crippen molar-refractivity contribution in [1.29, 1.82) is 0 Å². The van der Waals surface area contributed by atoms with Crippen molar-refractivity contribution in [3.63, 3.8) is 0 Å². The summed E-state index contributed by atoms with van der Waals surface area (Å²) in [5.74, 6) is -0.925. The SMILES string of the molecule is Cc1c(Cl)cccc1NC(=O)C1CC(=O)Nc2nc(SCCc3ccccc3)[nH]c(=O)c21. The van der Waals surface area contributed by atoms with Crippen molar-refractivity contribution in [3.05, 3.63) is 80.6 Å². The maximum Gasteiger partial charge on any atom is 0.257 e. The molecule has 0 saturated carbocycles. The van der Waals surface area contributed by atoms with E-state index in [2.05, 4.69) is 20.6 Å². The standard InChI is InChI=1S/C23H21ClN4O3S/c1-13-16(24)8-5-9-17(13)25-21(30)15-12-18(29)26-20-19(15)22(31)28-23(27-20)32-11-10-14-6-3-2-4-7-14/h2-9,15H,10-12H2,1H3,(H,25,30)(H2,26,27,28,29,31). The van der Waals surface area contributed by atoms with Gasteiger partial charge in [-0.25, -0.2) is 4.98 Å². The van der Waals surface area contributed by atoms with Gasteiger partial charge in [0.25, 0.3) is 5.56 Å². The number of aryl methyl sites for hydroxylation is 1. The molecular formula is C23H21ClN4O3S. The fraction of sp³-hybridized carbons (Fsp3) is 0.217.